The van der Waals surface area contributed by atoms with Gasteiger partial charge in [-0.1, -0.05) is 25.0 Å². The monoisotopic (exact) mass is 435 g/mol. The lowest BCUT2D eigenvalue weighted by molar-refractivity contribution is -0.121. The van der Waals surface area contributed by atoms with Gasteiger partial charge in [0.2, 0.25) is 15.9 Å². The minimum atomic E-state index is -3.73. The number of thiophene rings is 1. The topological polar surface area (TPSA) is 118 Å². The summed E-state index contributed by atoms with van der Waals surface area (Å²) in [6.07, 6.45) is 7.38. The third-order valence-corrected chi connectivity index (χ3v) is 7.09. The van der Waals surface area contributed by atoms with Crippen LogP contribution in [0, 0.1) is 0 Å². The Labute approximate surface area is 174 Å². The number of nitrogens with one attached hydrogen (secondary N) is 2. The Hall–Kier alpha value is -2.23. The van der Waals surface area contributed by atoms with Gasteiger partial charge in [0.05, 0.1) is 9.77 Å². The van der Waals surface area contributed by atoms with Crippen LogP contribution in [0.25, 0.3) is 0 Å². The van der Waals surface area contributed by atoms with Gasteiger partial charge in [0.1, 0.15) is 0 Å². The Morgan fingerprint density at radius 2 is 1.69 bits per heavy atom. The van der Waals surface area contributed by atoms with Crippen molar-refractivity contribution in [1.29, 1.82) is 0 Å². The highest BCUT2D eigenvalue weighted by Crippen LogP contribution is 2.28. The lowest BCUT2D eigenvalue weighted by Gasteiger charge is -2.07. The number of nitrogens with two attached hydrogens (primary N) is 1. The van der Waals surface area contributed by atoms with Crippen LogP contribution in [0.3, 0.4) is 0 Å². The van der Waals surface area contributed by atoms with Crippen LogP contribution in [0.4, 0.5) is 0 Å². The number of aryl methyl sites for hydroxylation is 3. The molecule has 0 atom stereocenters. The van der Waals surface area contributed by atoms with Gasteiger partial charge >= 0.3 is 0 Å². The Balaban J connectivity index is 1.48. The van der Waals surface area contributed by atoms with E-state index in [0.717, 1.165) is 31.2 Å². The number of carbonyl (C=O) groups excluding carboxylic acids is 2. The Morgan fingerprint density at radius 3 is 2.38 bits per heavy atom. The van der Waals surface area contributed by atoms with Gasteiger partial charge in [-0.25, -0.2) is 13.6 Å². The largest absolute Gasteiger partial charge is 0.279 e. The molecule has 2 aromatic rings. The Bertz CT molecular complexity index is 956. The number of benzene rings is 1. The molecule has 0 radical (unpaired) electrons. The molecule has 3 rings (SSSR count). The van der Waals surface area contributed by atoms with Crippen molar-refractivity contribution in [3.8, 4) is 0 Å². The standard InChI is InChI=1S/C20H25N3O4S2/c21-29(26,27)16-10-7-14(8-11-16)9-12-19(24)22-23-20(25)18-13-15-5-3-1-2-4-6-17(15)28-18/h7-8,10-11,13H,1-6,9,12H2,(H,22,24)(H,23,25)(H2,21,26,27). The molecular weight excluding hydrogens is 410 g/mol. The summed E-state index contributed by atoms with van der Waals surface area (Å²) in [7, 11) is -3.73. The summed E-state index contributed by atoms with van der Waals surface area (Å²) in [6, 6.07) is 8.00. The highest BCUT2D eigenvalue weighted by Gasteiger charge is 2.16. The first kappa shape index (κ1) is 21.5. The molecule has 0 fully saturated rings. The number of primary sulfonamides is 1. The molecule has 29 heavy (non-hydrogen) atoms. The summed E-state index contributed by atoms with van der Waals surface area (Å²) in [5.74, 6) is -0.614. The third-order valence-electron chi connectivity index (χ3n) is 4.93. The van der Waals surface area contributed by atoms with Gasteiger partial charge < -0.3 is 0 Å². The number of hydrogen-bond acceptors (Lipinski definition) is 5. The molecule has 9 heteroatoms. The number of rotatable bonds is 5. The summed E-state index contributed by atoms with van der Waals surface area (Å²) < 4.78 is 22.5. The highest BCUT2D eigenvalue weighted by molar-refractivity contribution is 7.89. The van der Waals surface area contributed by atoms with E-state index in [0.29, 0.717) is 11.3 Å². The maximum absolute atomic E-state index is 12.4. The van der Waals surface area contributed by atoms with E-state index < -0.39 is 10.0 Å². The zero-order valence-corrected chi connectivity index (χ0v) is 17.7. The first-order chi connectivity index (χ1) is 13.8. The number of fused-ring (bicyclic) bond motifs is 1. The third kappa shape index (κ3) is 6.12. The van der Waals surface area contributed by atoms with Gasteiger partial charge in [-0.15, -0.1) is 11.3 Å². The van der Waals surface area contributed by atoms with E-state index in [1.54, 1.807) is 12.1 Å². The molecule has 7 nitrogen and oxygen atoms in total. The first-order valence-electron chi connectivity index (χ1n) is 9.65. The summed E-state index contributed by atoms with van der Waals surface area (Å²) in [5.41, 5.74) is 6.99. The predicted octanol–water partition coefficient (Wildman–Crippen LogP) is 2.45. The van der Waals surface area contributed by atoms with E-state index in [2.05, 4.69) is 10.9 Å². The first-order valence-corrected chi connectivity index (χ1v) is 12.0. The van der Waals surface area contributed by atoms with Crippen molar-refractivity contribution in [3.63, 3.8) is 0 Å². The van der Waals surface area contributed by atoms with Crippen LogP contribution in [-0.4, -0.2) is 20.2 Å². The summed E-state index contributed by atoms with van der Waals surface area (Å²) in [4.78, 5) is 26.3. The smallest absolute Gasteiger partial charge is 0.273 e. The molecule has 1 aliphatic carbocycles. The van der Waals surface area contributed by atoms with Crippen LogP contribution in [0.2, 0.25) is 0 Å². The van der Waals surface area contributed by atoms with Crippen molar-refractivity contribution in [3.05, 3.63) is 51.2 Å². The fourth-order valence-electron chi connectivity index (χ4n) is 3.31. The van der Waals surface area contributed by atoms with E-state index in [4.69, 9.17) is 5.14 Å². The average Bonchev–Trinajstić information content (AvgIpc) is 3.06. The zero-order valence-electron chi connectivity index (χ0n) is 16.1. The van der Waals surface area contributed by atoms with Gasteiger partial charge in [-0.3, -0.25) is 20.4 Å². The normalized spacial score (nSPS) is 14.4. The van der Waals surface area contributed by atoms with Gasteiger partial charge in [0, 0.05) is 11.3 Å². The second-order valence-electron chi connectivity index (χ2n) is 7.16. The minimum Gasteiger partial charge on any atom is -0.273 e. The number of carbonyl (C=O) groups is 2. The highest BCUT2D eigenvalue weighted by atomic mass is 32.2. The van der Waals surface area contributed by atoms with Crippen LogP contribution in [0.15, 0.2) is 35.2 Å². The van der Waals surface area contributed by atoms with E-state index >= 15 is 0 Å². The van der Waals surface area contributed by atoms with Crippen LogP contribution in [0.5, 0.6) is 0 Å². The average molecular weight is 436 g/mol. The van der Waals surface area contributed by atoms with Crippen molar-refractivity contribution >= 4 is 33.2 Å². The molecule has 0 aliphatic heterocycles. The molecule has 1 aromatic carbocycles. The molecular formula is C20H25N3O4S2. The number of hydrazine groups is 1. The van der Waals surface area contributed by atoms with Crippen molar-refractivity contribution in [1.82, 2.24) is 10.9 Å². The van der Waals surface area contributed by atoms with Gasteiger partial charge in [-0.2, -0.15) is 0 Å². The Morgan fingerprint density at radius 1 is 1.00 bits per heavy atom. The maximum Gasteiger partial charge on any atom is 0.279 e. The van der Waals surface area contributed by atoms with Crippen molar-refractivity contribution < 1.29 is 18.0 Å². The second kappa shape index (κ2) is 9.51. The van der Waals surface area contributed by atoms with E-state index in [1.807, 2.05) is 6.07 Å². The second-order valence-corrected chi connectivity index (χ2v) is 9.86. The fraction of sp³-hybridized carbons (Fsp3) is 0.400. The van der Waals surface area contributed by atoms with Gasteiger partial charge in [0.25, 0.3) is 5.91 Å². The van der Waals surface area contributed by atoms with Gasteiger partial charge in [-0.05, 0) is 61.4 Å². The Kier molecular flexibility index (Phi) is 7.05. The zero-order chi connectivity index (χ0) is 20.9. The molecule has 0 spiro atoms. The fourth-order valence-corrected chi connectivity index (χ4v) is 4.97. The summed E-state index contributed by atoms with van der Waals surface area (Å²) >= 11 is 1.51. The van der Waals surface area contributed by atoms with Crippen molar-refractivity contribution in [2.24, 2.45) is 5.14 Å². The minimum absolute atomic E-state index is 0.0306. The quantitative estimate of drug-likeness (QED) is 0.625. The molecule has 0 saturated carbocycles. The van der Waals surface area contributed by atoms with Crippen LogP contribution in [-0.2, 0) is 34.1 Å². The molecule has 2 amide bonds. The molecule has 4 N–H and O–H groups in total. The van der Waals surface area contributed by atoms with E-state index in [9.17, 15) is 18.0 Å². The van der Waals surface area contributed by atoms with E-state index in [-0.39, 0.29) is 23.1 Å². The van der Waals surface area contributed by atoms with Crippen molar-refractivity contribution in [2.75, 3.05) is 0 Å². The molecule has 1 aromatic heterocycles. The number of amides is 2. The van der Waals surface area contributed by atoms with Crippen LogP contribution < -0.4 is 16.0 Å². The molecule has 0 unspecified atom stereocenters. The molecule has 1 heterocycles. The summed E-state index contributed by atoms with van der Waals surface area (Å²) in [6.45, 7) is 0. The maximum atomic E-state index is 12.4. The van der Waals surface area contributed by atoms with Crippen LogP contribution in [0.1, 0.15) is 57.8 Å². The van der Waals surface area contributed by atoms with Gasteiger partial charge in [0.15, 0.2) is 0 Å². The van der Waals surface area contributed by atoms with E-state index in [1.165, 1.54) is 46.8 Å². The number of sulfonamides is 1. The predicted molar refractivity (Wildman–Crippen MR) is 112 cm³/mol. The number of hydrogen-bond donors (Lipinski definition) is 3. The summed E-state index contributed by atoms with van der Waals surface area (Å²) in [5, 5.41) is 5.06. The van der Waals surface area contributed by atoms with Crippen molar-refractivity contribution in [2.45, 2.75) is 56.3 Å². The van der Waals surface area contributed by atoms with Crippen LogP contribution >= 0.6 is 11.3 Å². The molecule has 1 aliphatic rings. The molecule has 0 bridgehead atoms. The lowest BCUT2D eigenvalue weighted by Crippen LogP contribution is -2.41. The molecule has 0 saturated heterocycles. The lowest BCUT2D eigenvalue weighted by atomic mass is 10.00. The molecule has 156 valence electrons. The SMILES string of the molecule is NS(=O)(=O)c1ccc(CCC(=O)NNC(=O)c2cc3c(s2)CCCCCC3)cc1.